The molecule has 6 rings (SSSR count). The van der Waals surface area contributed by atoms with Crippen LogP contribution in [0.3, 0.4) is 0 Å². The van der Waals surface area contributed by atoms with Crippen molar-refractivity contribution in [1.29, 1.82) is 0 Å². The van der Waals surface area contributed by atoms with Crippen LogP contribution in [-0.2, 0) is 19.1 Å². The van der Waals surface area contributed by atoms with Gasteiger partial charge in [-0.3, -0.25) is 14.4 Å². The summed E-state index contributed by atoms with van der Waals surface area (Å²) in [5.41, 5.74) is 0. The van der Waals surface area contributed by atoms with E-state index in [1.165, 1.54) is 32.1 Å². The molecule has 6 atom stereocenters. The molecule has 6 fully saturated rings. The van der Waals surface area contributed by atoms with E-state index < -0.39 is 0 Å². The number of nitrogens with one attached hydrogen (secondary N) is 1. The van der Waals surface area contributed by atoms with Crippen LogP contribution in [0.2, 0.25) is 0 Å². The molecule has 2 heterocycles. The van der Waals surface area contributed by atoms with Gasteiger partial charge in [0.05, 0.1) is 0 Å². The van der Waals surface area contributed by atoms with Gasteiger partial charge in [0.15, 0.2) is 5.78 Å². The first kappa shape index (κ1) is 20.2. The van der Waals surface area contributed by atoms with E-state index in [0.29, 0.717) is 41.0 Å². The highest BCUT2D eigenvalue weighted by atomic mass is 16.5. The largest absolute Gasteiger partial charge is 0.370 e. The molecule has 2 aliphatic heterocycles. The van der Waals surface area contributed by atoms with Crippen molar-refractivity contribution in [2.24, 2.45) is 29.6 Å². The lowest BCUT2D eigenvalue weighted by molar-refractivity contribution is -0.131. The van der Waals surface area contributed by atoms with E-state index in [-0.39, 0.29) is 6.10 Å². The summed E-state index contributed by atoms with van der Waals surface area (Å²) in [5.74, 6) is 4.63. The predicted octanol–water partition coefficient (Wildman–Crippen LogP) is 3.10. The molecular formula is C23H35NO4. The first-order valence-electron chi connectivity index (χ1n) is 11.5. The Kier molecular flexibility index (Phi) is 6.62. The van der Waals surface area contributed by atoms with Gasteiger partial charge < -0.3 is 10.1 Å². The van der Waals surface area contributed by atoms with Crippen LogP contribution in [0.1, 0.15) is 70.6 Å². The fraction of sp³-hybridized carbons (Fsp3) is 0.870. The van der Waals surface area contributed by atoms with Crippen molar-refractivity contribution >= 4 is 17.3 Å². The quantitative estimate of drug-likeness (QED) is 0.689. The zero-order valence-corrected chi connectivity index (χ0v) is 17.0. The molecular weight excluding hydrogens is 354 g/mol. The average molecular weight is 390 g/mol. The molecule has 0 bridgehead atoms. The van der Waals surface area contributed by atoms with Gasteiger partial charge >= 0.3 is 0 Å². The summed E-state index contributed by atoms with van der Waals surface area (Å²) in [6, 6.07) is 0. The molecule has 4 aliphatic carbocycles. The fourth-order valence-electron chi connectivity index (χ4n) is 6.22. The molecule has 1 N–H and O–H groups in total. The van der Waals surface area contributed by atoms with Crippen LogP contribution in [-0.4, -0.2) is 43.2 Å². The number of ether oxygens (including phenoxy) is 1. The number of ketones is 3. The first-order valence-corrected chi connectivity index (χ1v) is 11.5. The second-order valence-electron chi connectivity index (χ2n) is 9.63. The van der Waals surface area contributed by atoms with E-state index in [0.717, 1.165) is 64.1 Å². The lowest BCUT2D eigenvalue weighted by atomic mass is 9.97. The maximum atomic E-state index is 11.1. The monoisotopic (exact) mass is 389 g/mol. The van der Waals surface area contributed by atoms with Gasteiger partial charge in [0.2, 0.25) is 0 Å². The predicted molar refractivity (Wildman–Crippen MR) is 106 cm³/mol. The third-order valence-electron chi connectivity index (χ3n) is 7.82. The summed E-state index contributed by atoms with van der Waals surface area (Å²) < 4.78 is 5.36. The lowest BCUT2D eigenvalue weighted by Crippen LogP contribution is -2.29. The Labute approximate surface area is 168 Å². The van der Waals surface area contributed by atoms with Gasteiger partial charge in [-0.15, -0.1) is 0 Å². The number of fused-ring (bicyclic) bond motifs is 3. The van der Waals surface area contributed by atoms with E-state index in [9.17, 15) is 14.4 Å². The van der Waals surface area contributed by atoms with Crippen molar-refractivity contribution in [1.82, 2.24) is 5.32 Å². The van der Waals surface area contributed by atoms with Crippen molar-refractivity contribution in [2.45, 2.75) is 76.7 Å². The van der Waals surface area contributed by atoms with Crippen molar-refractivity contribution in [3.8, 4) is 0 Å². The van der Waals surface area contributed by atoms with Gasteiger partial charge in [0.25, 0.3) is 0 Å². The molecule has 0 aromatic carbocycles. The van der Waals surface area contributed by atoms with Crippen LogP contribution < -0.4 is 5.32 Å². The van der Waals surface area contributed by atoms with Crippen molar-refractivity contribution in [2.75, 3.05) is 19.7 Å². The van der Waals surface area contributed by atoms with Crippen LogP contribution in [0.15, 0.2) is 0 Å². The van der Waals surface area contributed by atoms with E-state index >= 15 is 0 Å². The number of Topliss-reactive ketones (excluding diaryl/α,β-unsaturated/α-hetero) is 3. The van der Waals surface area contributed by atoms with Gasteiger partial charge in [-0.2, -0.15) is 0 Å². The van der Waals surface area contributed by atoms with E-state index in [1.807, 2.05) is 0 Å². The molecule has 0 aromatic rings. The molecule has 0 spiro atoms. The highest BCUT2D eigenvalue weighted by Gasteiger charge is 2.38. The summed E-state index contributed by atoms with van der Waals surface area (Å²) in [6.07, 6.45) is 11.8. The number of carbonyl (C=O) groups excluding carboxylic acids is 3. The number of carbonyl (C=O) groups is 3. The molecule has 6 aliphatic rings. The summed E-state index contributed by atoms with van der Waals surface area (Å²) in [6.45, 7) is 2.96. The van der Waals surface area contributed by atoms with Crippen molar-refractivity contribution in [3.63, 3.8) is 0 Å². The highest BCUT2D eigenvalue weighted by molar-refractivity contribution is 5.85. The summed E-state index contributed by atoms with van der Waals surface area (Å²) in [7, 11) is 0. The smallest absolute Gasteiger partial charge is 0.161 e. The SMILES string of the molecule is O=C1CC2CNCC2C1.O=C1CCC2CCCC12.O=C1CCC2CCCOC12. The van der Waals surface area contributed by atoms with Crippen molar-refractivity contribution < 1.29 is 19.1 Å². The van der Waals surface area contributed by atoms with Crippen molar-refractivity contribution in [3.05, 3.63) is 0 Å². The molecule has 2 saturated heterocycles. The Balaban J connectivity index is 0.000000103. The molecule has 6 unspecified atom stereocenters. The Morgan fingerprint density at radius 2 is 1.39 bits per heavy atom. The minimum absolute atomic E-state index is 0.00579. The molecule has 156 valence electrons. The summed E-state index contributed by atoms with van der Waals surface area (Å²) >= 11 is 0. The zero-order chi connectivity index (χ0) is 19.5. The maximum Gasteiger partial charge on any atom is 0.161 e. The average Bonchev–Trinajstić information content (AvgIpc) is 3.47. The number of rotatable bonds is 0. The van der Waals surface area contributed by atoms with E-state index in [1.54, 1.807) is 0 Å². The molecule has 5 nitrogen and oxygen atoms in total. The number of hydrogen-bond donors (Lipinski definition) is 1. The highest BCUT2D eigenvalue weighted by Crippen LogP contribution is 2.41. The van der Waals surface area contributed by atoms with E-state index in [2.05, 4.69) is 5.32 Å². The van der Waals surface area contributed by atoms with Crippen LogP contribution in [0.5, 0.6) is 0 Å². The Bertz CT molecular complexity index is 589. The molecule has 4 saturated carbocycles. The minimum atomic E-state index is -0.00579. The van der Waals surface area contributed by atoms with Crippen LogP contribution >= 0.6 is 0 Å². The lowest BCUT2D eigenvalue weighted by Gasteiger charge is -2.23. The Morgan fingerprint density at radius 3 is 2.11 bits per heavy atom. The Hall–Kier alpha value is -1.07. The Morgan fingerprint density at radius 1 is 0.714 bits per heavy atom. The maximum absolute atomic E-state index is 11.1. The summed E-state index contributed by atoms with van der Waals surface area (Å²) in [4.78, 5) is 33.0. The first-order chi connectivity index (χ1) is 13.6. The third-order valence-corrected chi connectivity index (χ3v) is 7.82. The molecule has 0 amide bonds. The van der Waals surface area contributed by atoms with Gasteiger partial charge in [-0.05, 0) is 75.3 Å². The van der Waals surface area contributed by atoms with Crippen LogP contribution in [0.4, 0.5) is 0 Å². The van der Waals surface area contributed by atoms with Gasteiger partial charge in [-0.25, -0.2) is 0 Å². The topological polar surface area (TPSA) is 72.5 Å². The number of hydrogen-bond acceptors (Lipinski definition) is 5. The molecule has 5 heteroatoms. The van der Waals surface area contributed by atoms with Gasteiger partial charge in [0, 0.05) is 38.2 Å². The second kappa shape index (κ2) is 9.17. The second-order valence-corrected chi connectivity index (χ2v) is 9.63. The molecule has 0 radical (unpaired) electrons. The zero-order valence-electron chi connectivity index (χ0n) is 17.0. The third kappa shape index (κ3) is 4.56. The van der Waals surface area contributed by atoms with Crippen LogP contribution in [0.25, 0.3) is 0 Å². The van der Waals surface area contributed by atoms with Crippen LogP contribution in [0, 0.1) is 29.6 Å². The normalized spacial score (nSPS) is 40.9. The molecule has 28 heavy (non-hydrogen) atoms. The van der Waals surface area contributed by atoms with Gasteiger partial charge in [-0.1, -0.05) is 6.42 Å². The fourth-order valence-corrected chi connectivity index (χ4v) is 6.22. The molecule has 0 aromatic heterocycles. The minimum Gasteiger partial charge on any atom is -0.370 e. The summed E-state index contributed by atoms with van der Waals surface area (Å²) in [5, 5.41) is 3.29. The van der Waals surface area contributed by atoms with Gasteiger partial charge in [0.1, 0.15) is 17.7 Å². The van der Waals surface area contributed by atoms with E-state index in [4.69, 9.17) is 4.74 Å². The standard InChI is InChI=1S/C8H12O2.C8H12O.C7H11NO/c9-7-4-3-6-2-1-5-10-8(6)7;9-8-5-4-6-2-1-3-7(6)8;9-7-1-5-3-8-4-6(5)2-7/h6,8H,1-5H2;6-7H,1-5H2;5-6,8H,1-4H2.